The molecule has 0 spiro atoms. The van der Waals surface area contributed by atoms with Gasteiger partial charge in [-0.25, -0.2) is 0 Å². The number of rotatable bonds is 6. The second-order valence-corrected chi connectivity index (χ2v) is 6.93. The molecule has 4 rings (SSSR count). The van der Waals surface area contributed by atoms with Gasteiger partial charge in [-0.2, -0.15) is 5.10 Å². The maximum Gasteiger partial charge on any atom is 0.273 e. The molecule has 1 aliphatic rings. The Morgan fingerprint density at radius 1 is 1.07 bits per heavy atom. The first kappa shape index (κ1) is 19.4. The van der Waals surface area contributed by atoms with Crippen LogP contribution in [0.3, 0.4) is 0 Å². The van der Waals surface area contributed by atoms with Gasteiger partial charge in [-0.1, -0.05) is 41.6 Å². The van der Waals surface area contributed by atoms with E-state index in [1.54, 1.807) is 54.3 Å². The van der Waals surface area contributed by atoms with E-state index in [0.717, 1.165) is 5.56 Å². The maximum atomic E-state index is 12.6. The lowest BCUT2D eigenvalue weighted by Crippen LogP contribution is -2.24. The normalized spacial score (nSPS) is 16.3. The molecule has 2 unspecified atom stereocenters. The van der Waals surface area contributed by atoms with Crippen LogP contribution in [0.1, 0.15) is 31.1 Å². The number of anilines is 2. The minimum absolute atomic E-state index is 0.207. The zero-order valence-electron chi connectivity index (χ0n) is 16.4. The van der Waals surface area contributed by atoms with Crippen molar-refractivity contribution in [1.82, 2.24) is 9.78 Å². The monoisotopic (exact) mass is 403 g/mol. The first-order valence-corrected chi connectivity index (χ1v) is 9.59. The van der Waals surface area contributed by atoms with E-state index in [-0.39, 0.29) is 17.9 Å². The number of amides is 2. The average molecular weight is 403 g/mol. The zero-order chi connectivity index (χ0) is 20.9. The highest BCUT2D eigenvalue weighted by Gasteiger charge is 2.27. The van der Waals surface area contributed by atoms with Crippen molar-refractivity contribution >= 4 is 28.9 Å². The molecule has 0 fully saturated rings. The summed E-state index contributed by atoms with van der Waals surface area (Å²) in [6.07, 6.45) is 3.49. The molecule has 2 N–H and O–H groups in total. The second-order valence-electron chi connectivity index (χ2n) is 6.93. The minimum Gasteiger partial charge on any atom is -0.387 e. The van der Waals surface area contributed by atoms with Gasteiger partial charge in [0.1, 0.15) is 11.8 Å². The lowest BCUT2D eigenvalue weighted by Gasteiger charge is -2.13. The van der Waals surface area contributed by atoms with Gasteiger partial charge in [0.2, 0.25) is 5.91 Å². The molecule has 0 aliphatic carbocycles. The molecular weight excluding hydrogens is 382 g/mol. The van der Waals surface area contributed by atoms with Gasteiger partial charge in [0.05, 0.1) is 0 Å². The minimum atomic E-state index is -0.460. The SMILES string of the molecule is CC(C(=O)Nc1cccc(NC(=O)C2=NOC(c3ccccc3)C2)c1)n1cccn1. The predicted molar refractivity (Wildman–Crippen MR) is 113 cm³/mol. The molecule has 2 amide bonds. The highest BCUT2D eigenvalue weighted by atomic mass is 16.6. The van der Waals surface area contributed by atoms with Crippen LogP contribution < -0.4 is 10.6 Å². The van der Waals surface area contributed by atoms with E-state index in [1.807, 2.05) is 30.3 Å². The van der Waals surface area contributed by atoms with Gasteiger partial charge in [-0.3, -0.25) is 14.3 Å². The topological polar surface area (TPSA) is 97.6 Å². The number of benzene rings is 2. The predicted octanol–water partition coefficient (Wildman–Crippen LogP) is 3.54. The van der Waals surface area contributed by atoms with E-state index in [2.05, 4.69) is 20.9 Å². The molecule has 2 atom stereocenters. The Bertz CT molecular complexity index is 1060. The van der Waals surface area contributed by atoms with Crippen molar-refractivity contribution in [3.63, 3.8) is 0 Å². The van der Waals surface area contributed by atoms with E-state index in [0.29, 0.717) is 23.5 Å². The smallest absolute Gasteiger partial charge is 0.273 e. The Morgan fingerprint density at radius 3 is 2.57 bits per heavy atom. The number of carbonyl (C=O) groups excluding carboxylic acids is 2. The molecular formula is C22H21N5O3. The number of oxime groups is 1. The highest BCUT2D eigenvalue weighted by Crippen LogP contribution is 2.27. The number of hydrogen-bond acceptors (Lipinski definition) is 5. The molecule has 8 nitrogen and oxygen atoms in total. The lowest BCUT2D eigenvalue weighted by atomic mass is 10.0. The maximum absolute atomic E-state index is 12.6. The Morgan fingerprint density at radius 2 is 1.83 bits per heavy atom. The molecule has 3 aromatic rings. The summed E-state index contributed by atoms with van der Waals surface area (Å²) in [6.45, 7) is 1.76. The summed E-state index contributed by atoms with van der Waals surface area (Å²) >= 11 is 0. The Balaban J connectivity index is 1.36. The Labute approximate surface area is 173 Å². The van der Waals surface area contributed by atoms with Crippen molar-refractivity contribution in [2.75, 3.05) is 10.6 Å². The van der Waals surface area contributed by atoms with Gasteiger partial charge in [-0.05, 0) is 36.8 Å². The van der Waals surface area contributed by atoms with Gasteiger partial charge in [0, 0.05) is 30.2 Å². The quantitative estimate of drug-likeness (QED) is 0.658. The number of nitrogens with one attached hydrogen (secondary N) is 2. The van der Waals surface area contributed by atoms with Crippen molar-refractivity contribution in [2.24, 2.45) is 5.16 Å². The molecule has 0 radical (unpaired) electrons. The summed E-state index contributed by atoms with van der Waals surface area (Å²) in [4.78, 5) is 30.4. The van der Waals surface area contributed by atoms with Crippen LogP contribution in [0.5, 0.6) is 0 Å². The van der Waals surface area contributed by atoms with Gasteiger partial charge >= 0.3 is 0 Å². The zero-order valence-corrected chi connectivity index (χ0v) is 16.4. The molecule has 0 saturated heterocycles. The second kappa shape index (κ2) is 8.60. The van der Waals surface area contributed by atoms with Gasteiger partial charge < -0.3 is 15.5 Å². The van der Waals surface area contributed by atoms with E-state index in [9.17, 15) is 9.59 Å². The summed E-state index contributed by atoms with van der Waals surface area (Å²) in [5.74, 6) is -0.539. The van der Waals surface area contributed by atoms with Gasteiger partial charge in [-0.15, -0.1) is 0 Å². The Hall–Kier alpha value is -3.94. The van der Waals surface area contributed by atoms with Crippen molar-refractivity contribution in [3.8, 4) is 0 Å². The summed E-state index contributed by atoms with van der Waals surface area (Å²) in [5, 5.41) is 13.7. The fourth-order valence-electron chi connectivity index (χ4n) is 3.11. The van der Waals surface area contributed by atoms with Crippen molar-refractivity contribution in [1.29, 1.82) is 0 Å². The molecule has 152 valence electrons. The van der Waals surface area contributed by atoms with E-state index in [4.69, 9.17) is 4.84 Å². The molecule has 2 heterocycles. The third-order valence-electron chi connectivity index (χ3n) is 4.79. The molecule has 0 saturated carbocycles. The molecule has 0 bridgehead atoms. The molecule has 1 aliphatic heterocycles. The van der Waals surface area contributed by atoms with Crippen LogP contribution in [0.2, 0.25) is 0 Å². The lowest BCUT2D eigenvalue weighted by molar-refractivity contribution is -0.119. The number of aromatic nitrogens is 2. The molecule has 2 aromatic carbocycles. The standard InChI is InChI=1S/C22H21N5O3/c1-15(27-12-6-11-23-27)21(28)24-17-9-5-10-18(13-17)25-22(29)19-14-20(30-26-19)16-7-3-2-4-8-16/h2-13,15,20H,14H2,1H3,(H,24,28)(H,25,29). The van der Waals surface area contributed by atoms with Crippen LogP contribution in [-0.4, -0.2) is 27.3 Å². The van der Waals surface area contributed by atoms with Crippen LogP contribution in [0.25, 0.3) is 0 Å². The van der Waals surface area contributed by atoms with Crippen molar-refractivity contribution in [3.05, 3.63) is 78.6 Å². The largest absolute Gasteiger partial charge is 0.387 e. The number of carbonyl (C=O) groups is 2. The fourth-order valence-corrected chi connectivity index (χ4v) is 3.11. The van der Waals surface area contributed by atoms with Crippen LogP contribution in [0.4, 0.5) is 11.4 Å². The number of nitrogens with zero attached hydrogens (tertiary/aromatic N) is 3. The van der Waals surface area contributed by atoms with Crippen LogP contribution in [-0.2, 0) is 14.4 Å². The Kier molecular flexibility index (Phi) is 5.56. The highest BCUT2D eigenvalue weighted by molar-refractivity contribution is 6.43. The molecule has 1 aromatic heterocycles. The average Bonchev–Trinajstić information content (AvgIpc) is 3.46. The van der Waals surface area contributed by atoms with Crippen LogP contribution in [0.15, 0.2) is 78.2 Å². The molecule has 8 heteroatoms. The van der Waals surface area contributed by atoms with Gasteiger partial charge in [0.15, 0.2) is 6.10 Å². The van der Waals surface area contributed by atoms with Crippen molar-refractivity contribution in [2.45, 2.75) is 25.5 Å². The van der Waals surface area contributed by atoms with Crippen LogP contribution >= 0.6 is 0 Å². The van der Waals surface area contributed by atoms with Crippen LogP contribution in [0, 0.1) is 0 Å². The van der Waals surface area contributed by atoms with E-state index in [1.165, 1.54) is 0 Å². The third kappa shape index (κ3) is 4.38. The summed E-state index contributed by atoms with van der Waals surface area (Å²) in [5.41, 5.74) is 2.42. The first-order chi connectivity index (χ1) is 14.6. The third-order valence-corrected chi connectivity index (χ3v) is 4.79. The summed E-state index contributed by atoms with van der Waals surface area (Å²) < 4.78 is 1.57. The van der Waals surface area contributed by atoms with Gasteiger partial charge in [0.25, 0.3) is 5.91 Å². The van der Waals surface area contributed by atoms with E-state index >= 15 is 0 Å². The summed E-state index contributed by atoms with van der Waals surface area (Å²) in [7, 11) is 0. The summed E-state index contributed by atoms with van der Waals surface area (Å²) in [6, 6.07) is 17.9. The first-order valence-electron chi connectivity index (χ1n) is 9.59. The van der Waals surface area contributed by atoms with E-state index < -0.39 is 6.04 Å². The molecule has 30 heavy (non-hydrogen) atoms. The van der Waals surface area contributed by atoms with Crippen molar-refractivity contribution < 1.29 is 14.4 Å². The number of hydrogen-bond donors (Lipinski definition) is 2. The fraction of sp³-hybridized carbons (Fsp3) is 0.182.